The van der Waals surface area contributed by atoms with Gasteiger partial charge in [0, 0.05) is 39.8 Å². The summed E-state index contributed by atoms with van der Waals surface area (Å²) in [5, 5.41) is 6.72. The van der Waals surface area contributed by atoms with Gasteiger partial charge < -0.3 is 25.1 Å². The molecule has 0 saturated carbocycles. The fraction of sp³-hybridized carbons (Fsp3) is 0.269. The summed E-state index contributed by atoms with van der Waals surface area (Å²) >= 11 is 12.5. The number of aromatic nitrogens is 1. The van der Waals surface area contributed by atoms with Crippen LogP contribution in [0.5, 0.6) is 0 Å². The third kappa shape index (κ3) is 7.26. The zero-order chi connectivity index (χ0) is 26.5. The Hall–Kier alpha value is -3.49. The Morgan fingerprint density at radius 1 is 1.08 bits per heavy atom. The summed E-state index contributed by atoms with van der Waals surface area (Å²) in [6, 6.07) is 10.2. The lowest BCUT2D eigenvalue weighted by Gasteiger charge is -2.19. The van der Waals surface area contributed by atoms with Crippen molar-refractivity contribution < 1.29 is 23.9 Å². The summed E-state index contributed by atoms with van der Waals surface area (Å²) in [7, 11) is 0. The number of nitrogens with one attached hydrogen (secondary N) is 3. The molecule has 0 unspecified atom stereocenters. The Morgan fingerprint density at radius 2 is 1.78 bits per heavy atom. The highest BCUT2D eigenvalue weighted by Crippen LogP contribution is 2.33. The Morgan fingerprint density at radius 3 is 2.42 bits per heavy atom. The molecule has 3 N–H and O–H groups in total. The molecule has 0 aliphatic rings. The maximum Gasteiger partial charge on any atom is 0.407 e. The number of hydrogen-bond donors (Lipinski definition) is 3. The van der Waals surface area contributed by atoms with E-state index in [0.717, 1.165) is 5.56 Å². The van der Waals surface area contributed by atoms with Crippen molar-refractivity contribution in [1.82, 2.24) is 10.3 Å². The molecule has 0 saturated heterocycles. The number of anilines is 1. The number of carbonyl (C=O) groups is 3. The Bertz CT molecular complexity index is 1310. The van der Waals surface area contributed by atoms with E-state index in [-0.39, 0.29) is 18.8 Å². The number of esters is 1. The average Bonchev–Trinajstić information content (AvgIpc) is 3.15. The van der Waals surface area contributed by atoms with Crippen molar-refractivity contribution in [3.05, 3.63) is 69.3 Å². The smallest absolute Gasteiger partial charge is 0.407 e. The summed E-state index contributed by atoms with van der Waals surface area (Å²) < 4.78 is 10.3. The zero-order valence-electron chi connectivity index (χ0n) is 20.3. The van der Waals surface area contributed by atoms with Crippen molar-refractivity contribution in [3.8, 4) is 0 Å². The van der Waals surface area contributed by atoms with Crippen molar-refractivity contribution in [2.75, 3.05) is 11.9 Å². The van der Waals surface area contributed by atoms with E-state index in [9.17, 15) is 14.4 Å². The van der Waals surface area contributed by atoms with Gasteiger partial charge in [0.25, 0.3) is 0 Å². The summed E-state index contributed by atoms with van der Waals surface area (Å²) in [5.41, 5.74) is 1.95. The second-order valence-corrected chi connectivity index (χ2v) is 9.66. The number of H-pyrrole nitrogens is 1. The molecule has 0 bridgehead atoms. The average molecular weight is 532 g/mol. The predicted octanol–water partition coefficient (Wildman–Crippen LogP) is 6.33. The number of halogens is 2. The van der Waals surface area contributed by atoms with Gasteiger partial charge in [0.15, 0.2) is 0 Å². The molecule has 36 heavy (non-hydrogen) atoms. The van der Waals surface area contributed by atoms with Gasteiger partial charge in [0.2, 0.25) is 5.91 Å². The number of aromatic amines is 1. The summed E-state index contributed by atoms with van der Waals surface area (Å²) in [5.74, 6) is -0.986. The number of carbonyl (C=O) groups excluding carboxylic acids is 3. The monoisotopic (exact) mass is 531 g/mol. The van der Waals surface area contributed by atoms with Gasteiger partial charge >= 0.3 is 12.1 Å². The van der Waals surface area contributed by atoms with Crippen molar-refractivity contribution >= 4 is 63.8 Å². The number of rotatable bonds is 7. The van der Waals surface area contributed by atoms with Gasteiger partial charge in [0.05, 0.1) is 11.6 Å². The standard InChI is InChI=1S/C26H27Cl2N3O5/c1-5-35-24(33)23-18(22-19(28)12-16(27)13-20(22)31-23)10-11-21(32)30-17-8-6-15(7-9-17)14-29-25(34)36-26(2,3)4/h6-13,31H,5,14H2,1-4H3,(H,29,34)(H,30,32)/b11-10+. The van der Waals surface area contributed by atoms with E-state index in [1.54, 1.807) is 64.1 Å². The Labute approximate surface area is 218 Å². The van der Waals surface area contributed by atoms with Crippen LogP contribution in [0, 0.1) is 0 Å². The van der Waals surface area contributed by atoms with Crippen LogP contribution < -0.4 is 10.6 Å². The molecule has 0 aliphatic carbocycles. The molecular formula is C26H27Cl2N3O5. The van der Waals surface area contributed by atoms with Gasteiger partial charge in [-0.25, -0.2) is 9.59 Å². The molecule has 3 aromatic rings. The summed E-state index contributed by atoms with van der Waals surface area (Å²) in [4.78, 5) is 39.8. The minimum atomic E-state index is -0.576. The number of alkyl carbamates (subject to hydrolysis) is 1. The maximum absolute atomic E-state index is 12.6. The molecule has 0 spiro atoms. The first-order valence-corrected chi connectivity index (χ1v) is 11.9. The van der Waals surface area contributed by atoms with E-state index < -0.39 is 23.6 Å². The third-order valence-electron chi connectivity index (χ3n) is 4.79. The predicted molar refractivity (Wildman–Crippen MR) is 141 cm³/mol. The van der Waals surface area contributed by atoms with E-state index in [4.69, 9.17) is 32.7 Å². The number of benzene rings is 2. The molecule has 10 heteroatoms. The summed E-state index contributed by atoms with van der Waals surface area (Å²) in [6.45, 7) is 7.55. The van der Waals surface area contributed by atoms with E-state index in [0.29, 0.717) is 32.2 Å². The normalized spacial score (nSPS) is 11.5. The van der Waals surface area contributed by atoms with E-state index in [1.165, 1.54) is 12.2 Å². The largest absolute Gasteiger partial charge is 0.461 e. The minimum Gasteiger partial charge on any atom is -0.461 e. The lowest BCUT2D eigenvalue weighted by atomic mass is 10.1. The molecule has 2 amide bonds. The maximum atomic E-state index is 12.6. The Balaban J connectivity index is 1.71. The van der Waals surface area contributed by atoms with Crippen LogP contribution in [0.4, 0.5) is 10.5 Å². The lowest BCUT2D eigenvalue weighted by molar-refractivity contribution is -0.111. The molecule has 8 nitrogen and oxygen atoms in total. The van der Waals surface area contributed by atoms with Crippen molar-refractivity contribution in [1.29, 1.82) is 0 Å². The number of hydrogen-bond acceptors (Lipinski definition) is 5. The fourth-order valence-electron chi connectivity index (χ4n) is 3.34. The fourth-order valence-corrected chi connectivity index (χ4v) is 3.94. The quantitative estimate of drug-likeness (QED) is 0.244. The van der Waals surface area contributed by atoms with Crippen molar-refractivity contribution in [2.24, 2.45) is 0 Å². The molecule has 0 fully saturated rings. The van der Waals surface area contributed by atoms with Crippen LogP contribution in [0.2, 0.25) is 10.0 Å². The zero-order valence-corrected chi connectivity index (χ0v) is 21.8. The van der Waals surface area contributed by atoms with E-state index >= 15 is 0 Å². The van der Waals surface area contributed by atoms with Gasteiger partial charge in [-0.05, 0) is 63.6 Å². The van der Waals surface area contributed by atoms with Crippen LogP contribution in [-0.2, 0) is 20.8 Å². The second-order valence-electron chi connectivity index (χ2n) is 8.82. The van der Waals surface area contributed by atoms with Crippen LogP contribution >= 0.6 is 23.2 Å². The second kappa shape index (κ2) is 11.5. The highest BCUT2D eigenvalue weighted by atomic mass is 35.5. The topological polar surface area (TPSA) is 110 Å². The van der Waals surface area contributed by atoms with Crippen LogP contribution in [0.1, 0.15) is 49.3 Å². The summed E-state index contributed by atoms with van der Waals surface area (Å²) in [6.07, 6.45) is 2.29. The van der Waals surface area contributed by atoms with Gasteiger partial charge in [-0.2, -0.15) is 0 Å². The van der Waals surface area contributed by atoms with Crippen LogP contribution in [-0.4, -0.2) is 35.2 Å². The third-order valence-corrected chi connectivity index (χ3v) is 5.31. The molecular weight excluding hydrogens is 505 g/mol. The molecule has 0 aliphatic heterocycles. The molecule has 2 aromatic carbocycles. The number of amides is 2. The molecule has 0 radical (unpaired) electrons. The minimum absolute atomic E-state index is 0.168. The van der Waals surface area contributed by atoms with Gasteiger partial charge in [-0.1, -0.05) is 35.3 Å². The number of fused-ring (bicyclic) bond motifs is 1. The lowest BCUT2D eigenvalue weighted by Crippen LogP contribution is -2.32. The highest BCUT2D eigenvalue weighted by molar-refractivity contribution is 6.39. The molecule has 1 aromatic heterocycles. The van der Waals surface area contributed by atoms with Crippen LogP contribution in [0.15, 0.2) is 42.5 Å². The molecule has 190 valence electrons. The first kappa shape index (κ1) is 27.1. The van der Waals surface area contributed by atoms with Crippen LogP contribution in [0.25, 0.3) is 17.0 Å². The van der Waals surface area contributed by atoms with Crippen LogP contribution in [0.3, 0.4) is 0 Å². The van der Waals surface area contributed by atoms with Gasteiger partial charge in [0.1, 0.15) is 11.3 Å². The number of ether oxygens (including phenoxy) is 2. The van der Waals surface area contributed by atoms with Crippen molar-refractivity contribution in [2.45, 2.75) is 39.8 Å². The van der Waals surface area contributed by atoms with Crippen molar-refractivity contribution in [3.63, 3.8) is 0 Å². The Kier molecular flexibility index (Phi) is 8.66. The van der Waals surface area contributed by atoms with Gasteiger partial charge in [-0.15, -0.1) is 0 Å². The SMILES string of the molecule is CCOC(=O)c1[nH]c2cc(Cl)cc(Cl)c2c1/C=C/C(=O)Nc1ccc(CNC(=O)OC(C)(C)C)cc1. The molecule has 3 rings (SSSR count). The first-order chi connectivity index (χ1) is 17.0. The first-order valence-electron chi connectivity index (χ1n) is 11.2. The van der Waals surface area contributed by atoms with E-state index in [1.807, 2.05) is 0 Å². The van der Waals surface area contributed by atoms with E-state index in [2.05, 4.69) is 15.6 Å². The highest BCUT2D eigenvalue weighted by Gasteiger charge is 2.20. The molecule has 1 heterocycles. The molecule has 0 atom stereocenters. The van der Waals surface area contributed by atoms with Gasteiger partial charge in [-0.3, -0.25) is 4.79 Å².